The quantitative estimate of drug-likeness (QED) is 0.209. The van der Waals surface area contributed by atoms with Crippen molar-refractivity contribution in [2.45, 2.75) is 63.8 Å². The number of hydrogen-bond donors (Lipinski definition) is 1. The van der Waals surface area contributed by atoms with Crippen molar-refractivity contribution >= 4 is 12.1 Å². The number of benzene rings is 3. The molecule has 1 aliphatic carbocycles. The lowest BCUT2D eigenvalue weighted by Gasteiger charge is -2.33. The van der Waals surface area contributed by atoms with Crippen molar-refractivity contribution in [2.75, 3.05) is 13.2 Å². The van der Waals surface area contributed by atoms with Crippen LogP contribution in [0.3, 0.4) is 0 Å². The monoisotopic (exact) mass is 499 g/mol. The molecule has 194 valence electrons. The van der Waals surface area contributed by atoms with Gasteiger partial charge in [-0.25, -0.2) is 9.59 Å². The van der Waals surface area contributed by atoms with E-state index in [-0.39, 0.29) is 19.1 Å². The summed E-state index contributed by atoms with van der Waals surface area (Å²) in [5, 5.41) is 2.96. The number of carbonyl (C=O) groups excluding carboxylic acids is 2. The molecule has 1 amide bonds. The molecule has 1 aliphatic rings. The van der Waals surface area contributed by atoms with Gasteiger partial charge in [0.1, 0.15) is 6.61 Å². The van der Waals surface area contributed by atoms with E-state index in [1.165, 1.54) is 11.1 Å². The molecular weight excluding hydrogens is 462 g/mol. The highest BCUT2D eigenvalue weighted by atomic mass is 16.6. The van der Waals surface area contributed by atoms with Gasteiger partial charge in [0.25, 0.3) is 0 Å². The molecular formula is C32H37NO4. The van der Waals surface area contributed by atoms with E-state index in [0.29, 0.717) is 12.0 Å². The van der Waals surface area contributed by atoms with E-state index >= 15 is 0 Å². The molecule has 0 saturated heterocycles. The standard InChI is InChI=1S/C32H37NO4/c1-3-5-6-7-15-22-32(30(34)36-4-2,24-16-9-8-10-17-24)33-31(35)37-23-29-27-20-13-11-18-25(27)26-19-12-14-21-28(26)29/h8-14,16-21,29H,3-7,15,22-23H2,1-2H3,(H,33,35)/t32-/m0/s1. The minimum absolute atomic E-state index is 0.0547. The first-order valence-corrected chi connectivity index (χ1v) is 13.5. The van der Waals surface area contributed by atoms with Gasteiger partial charge in [-0.1, -0.05) is 118 Å². The maximum Gasteiger partial charge on any atom is 0.408 e. The van der Waals surface area contributed by atoms with Crippen LogP contribution in [-0.4, -0.2) is 25.3 Å². The number of unbranched alkanes of at least 4 members (excludes halogenated alkanes) is 4. The Kier molecular flexibility index (Phi) is 8.99. The Balaban J connectivity index is 1.54. The molecule has 0 bridgehead atoms. The van der Waals surface area contributed by atoms with Crippen molar-refractivity contribution in [2.24, 2.45) is 0 Å². The van der Waals surface area contributed by atoms with Crippen LogP contribution in [0.4, 0.5) is 4.79 Å². The van der Waals surface area contributed by atoms with Gasteiger partial charge in [-0.2, -0.15) is 0 Å². The Morgan fingerprint density at radius 1 is 0.757 bits per heavy atom. The van der Waals surface area contributed by atoms with Crippen molar-refractivity contribution in [3.63, 3.8) is 0 Å². The maximum absolute atomic E-state index is 13.4. The highest BCUT2D eigenvalue weighted by Gasteiger charge is 2.43. The molecule has 0 radical (unpaired) electrons. The van der Waals surface area contributed by atoms with Gasteiger partial charge in [0.2, 0.25) is 0 Å². The van der Waals surface area contributed by atoms with E-state index in [1.54, 1.807) is 6.92 Å². The third-order valence-corrected chi connectivity index (χ3v) is 7.20. The lowest BCUT2D eigenvalue weighted by atomic mass is 9.84. The molecule has 5 heteroatoms. The molecule has 0 heterocycles. The number of ether oxygens (including phenoxy) is 2. The molecule has 0 saturated carbocycles. The first-order valence-electron chi connectivity index (χ1n) is 13.5. The first-order chi connectivity index (χ1) is 18.1. The van der Waals surface area contributed by atoms with Crippen LogP contribution in [0.25, 0.3) is 11.1 Å². The van der Waals surface area contributed by atoms with Crippen molar-refractivity contribution in [1.29, 1.82) is 0 Å². The van der Waals surface area contributed by atoms with E-state index < -0.39 is 17.6 Å². The highest BCUT2D eigenvalue weighted by molar-refractivity contribution is 5.87. The fourth-order valence-corrected chi connectivity index (χ4v) is 5.33. The SMILES string of the molecule is CCCCCCC[C@@](NC(=O)OCC1c2ccccc2-c2ccccc21)(C(=O)OCC)c1ccccc1. The normalized spacial score (nSPS) is 13.8. The van der Waals surface area contributed by atoms with Gasteiger partial charge in [0.05, 0.1) is 6.61 Å². The summed E-state index contributed by atoms with van der Waals surface area (Å²) in [6.07, 6.45) is 4.98. The Hall–Kier alpha value is -3.60. The Morgan fingerprint density at radius 2 is 1.35 bits per heavy atom. The molecule has 0 unspecified atom stereocenters. The van der Waals surface area contributed by atoms with Crippen molar-refractivity contribution < 1.29 is 19.1 Å². The number of nitrogens with one attached hydrogen (secondary N) is 1. The van der Waals surface area contributed by atoms with Gasteiger partial charge >= 0.3 is 12.1 Å². The minimum atomic E-state index is -1.30. The molecule has 3 aromatic rings. The van der Waals surface area contributed by atoms with E-state index in [0.717, 1.165) is 43.2 Å². The topological polar surface area (TPSA) is 64.6 Å². The number of amides is 1. The summed E-state index contributed by atoms with van der Waals surface area (Å²) in [6.45, 7) is 4.37. The van der Waals surface area contributed by atoms with Crippen LogP contribution in [0.15, 0.2) is 78.9 Å². The summed E-state index contributed by atoms with van der Waals surface area (Å²) in [7, 11) is 0. The van der Waals surface area contributed by atoms with Crippen LogP contribution in [-0.2, 0) is 19.8 Å². The second kappa shape index (κ2) is 12.6. The number of alkyl carbamates (subject to hydrolysis) is 1. The average Bonchev–Trinajstić information content (AvgIpc) is 3.25. The van der Waals surface area contributed by atoms with Crippen molar-refractivity contribution in [3.05, 3.63) is 95.6 Å². The van der Waals surface area contributed by atoms with Crippen LogP contribution in [0, 0.1) is 0 Å². The smallest absolute Gasteiger partial charge is 0.408 e. The minimum Gasteiger partial charge on any atom is -0.464 e. The summed E-state index contributed by atoms with van der Waals surface area (Å²) in [5.74, 6) is -0.508. The molecule has 1 N–H and O–H groups in total. The Labute approximate surface area is 220 Å². The molecule has 3 aromatic carbocycles. The molecule has 0 fully saturated rings. The fraction of sp³-hybridized carbons (Fsp3) is 0.375. The summed E-state index contributed by atoms with van der Waals surface area (Å²) in [6, 6.07) is 25.8. The largest absolute Gasteiger partial charge is 0.464 e. The molecule has 5 nitrogen and oxygen atoms in total. The van der Waals surface area contributed by atoms with E-state index in [2.05, 4.69) is 36.5 Å². The highest BCUT2D eigenvalue weighted by Crippen LogP contribution is 2.44. The van der Waals surface area contributed by atoms with Crippen LogP contribution >= 0.6 is 0 Å². The van der Waals surface area contributed by atoms with E-state index in [9.17, 15) is 9.59 Å². The summed E-state index contributed by atoms with van der Waals surface area (Å²) in [5.41, 5.74) is 4.04. The average molecular weight is 500 g/mol. The predicted octanol–water partition coefficient (Wildman–Crippen LogP) is 7.34. The van der Waals surface area contributed by atoms with Crippen LogP contribution in [0.1, 0.15) is 75.0 Å². The summed E-state index contributed by atoms with van der Waals surface area (Å²) < 4.78 is 11.3. The van der Waals surface area contributed by atoms with Gasteiger partial charge in [0.15, 0.2) is 5.54 Å². The first kappa shape index (κ1) is 26.5. The molecule has 0 aliphatic heterocycles. The molecule has 0 spiro atoms. The van der Waals surface area contributed by atoms with E-state index in [4.69, 9.17) is 9.47 Å². The second-order valence-corrected chi connectivity index (χ2v) is 9.61. The fourth-order valence-electron chi connectivity index (χ4n) is 5.33. The number of carbonyl (C=O) groups is 2. The molecule has 0 aromatic heterocycles. The summed E-state index contributed by atoms with van der Waals surface area (Å²) >= 11 is 0. The zero-order valence-electron chi connectivity index (χ0n) is 21.9. The molecule has 37 heavy (non-hydrogen) atoms. The number of hydrogen-bond acceptors (Lipinski definition) is 4. The van der Waals surface area contributed by atoms with Gasteiger partial charge in [-0.05, 0) is 41.2 Å². The zero-order valence-corrected chi connectivity index (χ0v) is 21.9. The molecule has 1 atom stereocenters. The van der Waals surface area contributed by atoms with Crippen LogP contribution < -0.4 is 5.32 Å². The van der Waals surface area contributed by atoms with Crippen LogP contribution in [0.5, 0.6) is 0 Å². The predicted molar refractivity (Wildman–Crippen MR) is 146 cm³/mol. The lowest BCUT2D eigenvalue weighted by Crippen LogP contribution is -2.53. The van der Waals surface area contributed by atoms with Gasteiger partial charge in [-0.15, -0.1) is 0 Å². The Morgan fingerprint density at radius 3 is 1.97 bits per heavy atom. The van der Waals surface area contributed by atoms with Crippen molar-refractivity contribution in [1.82, 2.24) is 5.32 Å². The molecule has 4 rings (SSSR count). The van der Waals surface area contributed by atoms with Crippen molar-refractivity contribution in [3.8, 4) is 11.1 Å². The van der Waals surface area contributed by atoms with Crippen LogP contribution in [0.2, 0.25) is 0 Å². The van der Waals surface area contributed by atoms with Gasteiger partial charge in [-0.3, -0.25) is 0 Å². The third-order valence-electron chi connectivity index (χ3n) is 7.20. The van der Waals surface area contributed by atoms with Gasteiger partial charge in [0, 0.05) is 5.92 Å². The third kappa shape index (κ3) is 5.87. The second-order valence-electron chi connectivity index (χ2n) is 9.61. The number of esters is 1. The summed E-state index contributed by atoms with van der Waals surface area (Å²) in [4.78, 5) is 26.7. The number of rotatable bonds is 12. The van der Waals surface area contributed by atoms with Gasteiger partial charge < -0.3 is 14.8 Å². The number of fused-ring (bicyclic) bond motifs is 3. The van der Waals surface area contributed by atoms with E-state index in [1.807, 2.05) is 54.6 Å². The zero-order chi connectivity index (χ0) is 26.1. The lowest BCUT2D eigenvalue weighted by molar-refractivity contribution is -0.152. The maximum atomic E-state index is 13.4. The Bertz CT molecular complexity index is 1150.